The second kappa shape index (κ2) is 9.82. The summed E-state index contributed by atoms with van der Waals surface area (Å²) < 4.78 is 67.4. The fourth-order valence-corrected chi connectivity index (χ4v) is 4.64. The van der Waals surface area contributed by atoms with Crippen molar-refractivity contribution in [3.05, 3.63) is 65.2 Å². The predicted octanol–water partition coefficient (Wildman–Crippen LogP) is 4.00. The van der Waals surface area contributed by atoms with E-state index >= 15 is 0 Å². The lowest BCUT2D eigenvalue weighted by molar-refractivity contribution is -0.269. The number of hydrogen-bond donors (Lipinski definition) is 3. The molecular formula is C23H27F3N2O4S. The van der Waals surface area contributed by atoms with Crippen molar-refractivity contribution in [2.75, 3.05) is 0 Å². The molecule has 1 fully saturated rings. The van der Waals surface area contributed by atoms with Gasteiger partial charge in [0, 0.05) is 18.2 Å². The van der Waals surface area contributed by atoms with Crippen molar-refractivity contribution in [2.24, 2.45) is 0 Å². The van der Waals surface area contributed by atoms with E-state index < -0.39 is 34.1 Å². The van der Waals surface area contributed by atoms with Crippen molar-refractivity contribution < 1.29 is 31.5 Å². The Hall–Kier alpha value is -2.43. The molecule has 2 aromatic rings. The zero-order chi connectivity index (χ0) is 24.3. The molecule has 3 N–H and O–H groups in total. The van der Waals surface area contributed by atoms with Crippen LogP contribution in [0.15, 0.2) is 53.4 Å². The van der Waals surface area contributed by atoms with Crippen LogP contribution in [-0.4, -0.2) is 31.6 Å². The summed E-state index contributed by atoms with van der Waals surface area (Å²) in [6.45, 7) is 1.85. The van der Waals surface area contributed by atoms with E-state index in [2.05, 4.69) is 10.0 Å². The third-order valence-electron chi connectivity index (χ3n) is 5.57. The normalized spacial score (nSPS) is 16.3. The number of carbonyl (C=O) groups excluding carboxylic acids is 1. The summed E-state index contributed by atoms with van der Waals surface area (Å²) in [4.78, 5) is 12.5. The molecule has 0 aromatic heterocycles. The Bertz CT molecular complexity index is 1070. The Morgan fingerprint density at radius 3 is 2.18 bits per heavy atom. The minimum absolute atomic E-state index is 0.000813. The Labute approximate surface area is 191 Å². The van der Waals surface area contributed by atoms with Crippen molar-refractivity contribution in [3.63, 3.8) is 0 Å². The van der Waals surface area contributed by atoms with E-state index in [1.807, 2.05) is 0 Å². The van der Waals surface area contributed by atoms with Gasteiger partial charge in [0.1, 0.15) is 0 Å². The third-order valence-corrected chi connectivity index (χ3v) is 7.11. The van der Waals surface area contributed by atoms with Gasteiger partial charge in [-0.3, -0.25) is 4.79 Å². The highest BCUT2D eigenvalue weighted by Crippen LogP contribution is 2.42. The molecule has 0 spiro atoms. The molecule has 10 heteroatoms. The molecule has 3 rings (SSSR count). The fourth-order valence-electron chi connectivity index (χ4n) is 3.34. The van der Waals surface area contributed by atoms with Gasteiger partial charge >= 0.3 is 6.18 Å². The SMILES string of the molecule is CCCCC(O)(c1ccc(C(=O)NCc2ccc(S(=O)(=O)NC3CC3)cc2)cc1)C(F)(F)F. The van der Waals surface area contributed by atoms with E-state index in [1.54, 1.807) is 19.1 Å². The minimum atomic E-state index is -4.83. The molecule has 1 atom stereocenters. The number of nitrogens with one attached hydrogen (secondary N) is 2. The third kappa shape index (κ3) is 6.13. The standard InChI is InChI=1S/C23H27F3N2O4S/c1-2-3-14-22(30,23(24,25)26)18-8-6-17(7-9-18)21(29)27-15-16-4-12-20(13-5-16)33(31,32)28-19-10-11-19/h4-9,12-13,19,28,30H,2-3,10-11,14-15H2,1H3,(H,27,29). The Morgan fingerprint density at radius 2 is 1.67 bits per heavy atom. The Balaban J connectivity index is 1.62. The number of benzene rings is 2. The zero-order valence-corrected chi connectivity index (χ0v) is 19.0. The molecule has 1 aliphatic rings. The van der Waals surface area contributed by atoms with Gasteiger partial charge in [0.25, 0.3) is 5.91 Å². The summed E-state index contributed by atoms with van der Waals surface area (Å²) in [7, 11) is -3.56. The van der Waals surface area contributed by atoms with Gasteiger partial charge in [-0.15, -0.1) is 0 Å². The smallest absolute Gasteiger partial charge is 0.376 e. The minimum Gasteiger partial charge on any atom is -0.376 e. The van der Waals surface area contributed by atoms with E-state index in [9.17, 15) is 31.5 Å². The lowest BCUT2D eigenvalue weighted by Gasteiger charge is -2.31. The molecule has 0 radical (unpaired) electrons. The lowest BCUT2D eigenvalue weighted by Crippen LogP contribution is -2.42. The zero-order valence-electron chi connectivity index (χ0n) is 18.2. The molecular weight excluding hydrogens is 457 g/mol. The number of hydrogen-bond acceptors (Lipinski definition) is 4. The molecule has 6 nitrogen and oxygen atoms in total. The highest BCUT2D eigenvalue weighted by atomic mass is 32.2. The number of aliphatic hydroxyl groups is 1. The number of alkyl halides is 3. The van der Waals surface area contributed by atoms with E-state index in [4.69, 9.17) is 0 Å². The molecule has 0 bridgehead atoms. The van der Waals surface area contributed by atoms with Crippen molar-refractivity contribution in [1.82, 2.24) is 10.0 Å². The van der Waals surface area contributed by atoms with Gasteiger partial charge in [-0.25, -0.2) is 13.1 Å². The summed E-state index contributed by atoms with van der Waals surface area (Å²) >= 11 is 0. The first kappa shape index (κ1) is 25.2. The summed E-state index contributed by atoms with van der Waals surface area (Å²) in [5.41, 5.74) is -2.46. The van der Waals surface area contributed by atoms with Crippen LogP contribution in [0.1, 0.15) is 60.5 Å². The molecule has 33 heavy (non-hydrogen) atoms. The summed E-state index contributed by atoms with van der Waals surface area (Å²) in [6.07, 6.45) is -2.92. The maximum atomic E-state index is 13.5. The number of amides is 1. The highest BCUT2D eigenvalue weighted by molar-refractivity contribution is 7.89. The quantitative estimate of drug-likeness (QED) is 0.475. The van der Waals surface area contributed by atoms with Crippen LogP contribution in [0.5, 0.6) is 0 Å². The average Bonchev–Trinajstić information content (AvgIpc) is 3.58. The first-order valence-corrected chi connectivity index (χ1v) is 12.2. The van der Waals surface area contributed by atoms with Crippen LogP contribution in [0.3, 0.4) is 0 Å². The molecule has 1 unspecified atom stereocenters. The lowest BCUT2D eigenvalue weighted by atomic mass is 9.87. The number of unbranched alkanes of at least 4 members (excludes halogenated alkanes) is 1. The second-order valence-corrected chi connectivity index (χ2v) is 9.98. The van der Waals surface area contributed by atoms with Gasteiger partial charge in [-0.1, -0.05) is 44.0 Å². The molecule has 180 valence electrons. The van der Waals surface area contributed by atoms with Crippen molar-refractivity contribution >= 4 is 15.9 Å². The maximum absolute atomic E-state index is 13.5. The second-order valence-electron chi connectivity index (χ2n) is 8.26. The van der Waals surface area contributed by atoms with Crippen LogP contribution < -0.4 is 10.0 Å². The number of sulfonamides is 1. The fraction of sp³-hybridized carbons (Fsp3) is 0.435. The molecule has 2 aromatic carbocycles. The summed E-state index contributed by atoms with van der Waals surface area (Å²) in [5, 5.41) is 12.9. The number of rotatable bonds is 10. The Morgan fingerprint density at radius 1 is 1.06 bits per heavy atom. The van der Waals surface area contributed by atoms with Crippen LogP contribution in [0.2, 0.25) is 0 Å². The van der Waals surface area contributed by atoms with E-state index in [0.29, 0.717) is 12.0 Å². The first-order chi connectivity index (χ1) is 15.5. The largest absolute Gasteiger partial charge is 0.421 e. The Kier molecular flexibility index (Phi) is 7.50. The topological polar surface area (TPSA) is 95.5 Å². The number of carbonyl (C=O) groups is 1. The van der Waals surface area contributed by atoms with Gasteiger partial charge in [0.05, 0.1) is 4.90 Å². The predicted molar refractivity (Wildman–Crippen MR) is 117 cm³/mol. The van der Waals surface area contributed by atoms with Crippen molar-refractivity contribution in [2.45, 2.75) is 68.3 Å². The summed E-state index contributed by atoms with van der Waals surface area (Å²) in [6, 6.07) is 10.8. The highest BCUT2D eigenvalue weighted by Gasteiger charge is 2.54. The van der Waals surface area contributed by atoms with Crippen LogP contribution >= 0.6 is 0 Å². The molecule has 1 saturated carbocycles. The van der Waals surface area contributed by atoms with Crippen molar-refractivity contribution in [1.29, 1.82) is 0 Å². The van der Waals surface area contributed by atoms with Crippen molar-refractivity contribution in [3.8, 4) is 0 Å². The maximum Gasteiger partial charge on any atom is 0.421 e. The van der Waals surface area contributed by atoms with Crippen LogP contribution in [0, 0.1) is 0 Å². The number of halogens is 3. The first-order valence-electron chi connectivity index (χ1n) is 10.8. The average molecular weight is 485 g/mol. The van der Waals surface area contributed by atoms with Crippen LogP contribution in [0.4, 0.5) is 13.2 Å². The molecule has 1 amide bonds. The van der Waals surface area contributed by atoms with Crippen LogP contribution in [0.25, 0.3) is 0 Å². The van der Waals surface area contributed by atoms with E-state index in [0.717, 1.165) is 25.0 Å². The van der Waals surface area contributed by atoms with Gasteiger partial charge in [0.2, 0.25) is 10.0 Å². The molecule has 0 saturated heterocycles. The van der Waals surface area contributed by atoms with Crippen LogP contribution in [-0.2, 0) is 22.2 Å². The van der Waals surface area contributed by atoms with Gasteiger partial charge in [-0.2, -0.15) is 13.2 Å². The van der Waals surface area contributed by atoms with Gasteiger partial charge in [-0.05, 0) is 54.7 Å². The monoisotopic (exact) mass is 484 g/mol. The van der Waals surface area contributed by atoms with Gasteiger partial charge in [0.15, 0.2) is 5.60 Å². The molecule has 0 heterocycles. The van der Waals surface area contributed by atoms with E-state index in [1.165, 1.54) is 24.3 Å². The van der Waals surface area contributed by atoms with Gasteiger partial charge < -0.3 is 10.4 Å². The summed E-state index contributed by atoms with van der Waals surface area (Å²) in [5.74, 6) is -0.502. The van der Waals surface area contributed by atoms with E-state index in [-0.39, 0.29) is 35.0 Å². The molecule has 1 aliphatic carbocycles. The molecule has 0 aliphatic heterocycles.